The molecule has 0 amide bonds. The third kappa shape index (κ3) is 4.99. The first-order chi connectivity index (χ1) is 31.8. The molecule has 14 aromatic rings. The van der Waals surface area contributed by atoms with Crippen molar-refractivity contribution in [3.63, 3.8) is 0 Å². The Balaban J connectivity index is 1.00. The Morgan fingerprint density at radius 2 is 0.781 bits per heavy atom. The Bertz CT molecular complexity index is 4140. The molecule has 0 aliphatic carbocycles. The van der Waals surface area contributed by atoms with Crippen molar-refractivity contribution in [2.24, 2.45) is 0 Å². The summed E-state index contributed by atoms with van der Waals surface area (Å²) in [6.07, 6.45) is 0. The lowest BCUT2D eigenvalue weighted by atomic mass is 9.97. The van der Waals surface area contributed by atoms with Gasteiger partial charge in [-0.2, -0.15) is 0 Å². The maximum absolute atomic E-state index is 6.89. The molecule has 0 radical (unpaired) electrons. The monoisotopic (exact) mass is 815 g/mol. The van der Waals surface area contributed by atoms with Gasteiger partial charge in [-0.3, -0.25) is 0 Å². The molecular weight excluding hydrogens is 779 g/mol. The van der Waals surface area contributed by atoms with Crippen LogP contribution in [-0.4, -0.2) is 13.7 Å². The fraction of sp³-hybridized carbons (Fsp3) is 0. The highest BCUT2D eigenvalue weighted by Gasteiger charge is 2.22. The average molecular weight is 816 g/mol. The van der Waals surface area contributed by atoms with E-state index in [1.165, 1.54) is 60.0 Å². The van der Waals surface area contributed by atoms with Crippen LogP contribution >= 0.6 is 0 Å². The van der Waals surface area contributed by atoms with Gasteiger partial charge in [-0.25, -0.2) is 0 Å². The molecule has 0 unspecified atom stereocenters. The molecule has 0 spiro atoms. The molecule has 0 saturated heterocycles. The maximum atomic E-state index is 6.89. The van der Waals surface area contributed by atoms with E-state index < -0.39 is 0 Å². The Morgan fingerprint density at radius 1 is 0.281 bits per heavy atom. The minimum absolute atomic E-state index is 0.873. The van der Waals surface area contributed by atoms with Gasteiger partial charge in [-0.15, -0.1) is 0 Å². The van der Waals surface area contributed by atoms with E-state index in [9.17, 15) is 0 Å². The van der Waals surface area contributed by atoms with Crippen LogP contribution < -0.4 is 0 Å². The molecular formula is C60H37N3O. The van der Waals surface area contributed by atoms with Gasteiger partial charge < -0.3 is 18.1 Å². The average Bonchev–Trinajstić information content (AvgIpc) is 4.10. The van der Waals surface area contributed by atoms with Gasteiger partial charge in [-0.1, -0.05) is 146 Å². The summed E-state index contributed by atoms with van der Waals surface area (Å²) in [5, 5.41) is 9.57. The van der Waals surface area contributed by atoms with Crippen LogP contribution in [0.3, 0.4) is 0 Å². The van der Waals surface area contributed by atoms with Gasteiger partial charge in [0.15, 0.2) is 0 Å². The van der Waals surface area contributed by atoms with Crippen LogP contribution in [0, 0.1) is 0 Å². The van der Waals surface area contributed by atoms with Crippen molar-refractivity contribution in [3.8, 4) is 39.3 Å². The first-order valence-electron chi connectivity index (χ1n) is 21.9. The van der Waals surface area contributed by atoms with Crippen LogP contribution in [-0.2, 0) is 0 Å². The Morgan fingerprint density at radius 3 is 1.47 bits per heavy atom. The fourth-order valence-electron chi connectivity index (χ4n) is 10.7. The number of hydrogen-bond acceptors (Lipinski definition) is 1. The van der Waals surface area contributed by atoms with E-state index in [-0.39, 0.29) is 0 Å². The zero-order chi connectivity index (χ0) is 41.9. The summed E-state index contributed by atoms with van der Waals surface area (Å²) in [7, 11) is 0. The number of nitrogens with zero attached hydrogens (tertiary/aromatic N) is 3. The van der Waals surface area contributed by atoms with Gasteiger partial charge >= 0.3 is 0 Å². The summed E-state index contributed by atoms with van der Waals surface area (Å²) in [6.45, 7) is 0. The number of benzene rings is 10. The number of para-hydroxylation sites is 5. The van der Waals surface area contributed by atoms with E-state index in [0.29, 0.717) is 0 Å². The van der Waals surface area contributed by atoms with E-state index in [2.05, 4.69) is 238 Å². The summed E-state index contributed by atoms with van der Waals surface area (Å²) >= 11 is 0. The molecule has 0 N–H and O–H groups in total. The van der Waals surface area contributed by atoms with E-state index in [0.717, 1.165) is 66.7 Å². The predicted octanol–water partition coefficient (Wildman–Crippen LogP) is 16.2. The number of furan rings is 1. The van der Waals surface area contributed by atoms with Crippen molar-refractivity contribution >= 4 is 87.4 Å². The quantitative estimate of drug-likeness (QED) is 0.170. The number of fused-ring (bicyclic) bond motifs is 12. The van der Waals surface area contributed by atoms with Crippen LogP contribution in [0.4, 0.5) is 0 Å². The summed E-state index contributed by atoms with van der Waals surface area (Å²) in [5.41, 5.74) is 16.7. The van der Waals surface area contributed by atoms with E-state index >= 15 is 0 Å². The minimum atomic E-state index is 0.873. The van der Waals surface area contributed by atoms with Gasteiger partial charge in [0, 0.05) is 54.6 Å². The van der Waals surface area contributed by atoms with Crippen molar-refractivity contribution in [2.45, 2.75) is 0 Å². The van der Waals surface area contributed by atoms with Gasteiger partial charge in [0.2, 0.25) is 0 Å². The standard InChI is InChI=1S/C60H37N3O/c1-2-15-38(16-3-1)39-17-14-18-40(35-39)43-32-34-56(59-49-23-8-13-28-58(49)64-60(43)59)63-54-27-12-6-21-46(54)48-31-29-42(37-57(48)63)62-53-26-11-7-22-47(53)50-36-41(30-33-55(50)62)61-51-24-9-4-19-44(51)45-20-5-10-25-52(45)61/h1-37H. The molecule has 0 aliphatic rings. The summed E-state index contributed by atoms with van der Waals surface area (Å²) in [4.78, 5) is 0. The van der Waals surface area contributed by atoms with Crippen molar-refractivity contribution in [1.29, 1.82) is 0 Å². The smallest absolute Gasteiger partial charge is 0.145 e. The lowest BCUT2D eigenvalue weighted by molar-refractivity contribution is 0.670. The van der Waals surface area contributed by atoms with Crippen LogP contribution in [0.5, 0.6) is 0 Å². The summed E-state index contributed by atoms with van der Waals surface area (Å²) < 4.78 is 14.2. The SMILES string of the molecule is c1ccc(-c2cccc(-c3ccc(-n4c5ccccc5c5ccc(-n6c7ccccc7c7cc(-n8c9ccccc9c9ccccc98)ccc76)cc54)c4c3oc3ccccc34)c2)cc1. The molecule has 4 heteroatoms. The van der Waals surface area contributed by atoms with Crippen molar-refractivity contribution in [1.82, 2.24) is 13.7 Å². The van der Waals surface area contributed by atoms with Crippen LogP contribution in [0.25, 0.3) is 127 Å². The molecule has 0 atom stereocenters. The van der Waals surface area contributed by atoms with E-state index in [4.69, 9.17) is 4.42 Å². The van der Waals surface area contributed by atoms with Crippen molar-refractivity contribution < 1.29 is 4.42 Å². The molecule has 0 saturated carbocycles. The zero-order valence-corrected chi connectivity index (χ0v) is 34.6. The molecule has 298 valence electrons. The van der Waals surface area contributed by atoms with Crippen molar-refractivity contribution in [3.05, 3.63) is 224 Å². The van der Waals surface area contributed by atoms with Gasteiger partial charge in [0.1, 0.15) is 11.2 Å². The molecule has 14 rings (SSSR count). The summed E-state index contributed by atoms with van der Waals surface area (Å²) in [5.74, 6) is 0. The zero-order valence-electron chi connectivity index (χ0n) is 34.6. The molecule has 0 aliphatic heterocycles. The Kier molecular flexibility index (Phi) is 7.36. The minimum Gasteiger partial charge on any atom is -0.455 e. The van der Waals surface area contributed by atoms with Crippen LogP contribution in [0.15, 0.2) is 229 Å². The number of hydrogen-bond donors (Lipinski definition) is 0. The second kappa shape index (κ2) is 13.4. The number of rotatable bonds is 5. The van der Waals surface area contributed by atoms with E-state index in [1.807, 2.05) is 0 Å². The number of aromatic nitrogens is 3. The van der Waals surface area contributed by atoms with Gasteiger partial charge in [0.25, 0.3) is 0 Å². The van der Waals surface area contributed by atoms with Crippen LogP contribution in [0.2, 0.25) is 0 Å². The Labute approximate surface area is 367 Å². The molecule has 4 nitrogen and oxygen atoms in total. The molecule has 4 heterocycles. The fourth-order valence-corrected chi connectivity index (χ4v) is 10.7. The van der Waals surface area contributed by atoms with Gasteiger partial charge in [-0.05, 0) is 95.6 Å². The Hall–Kier alpha value is -8.60. The topological polar surface area (TPSA) is 27.9 Å². The summed E-state index contributed by atoms with van der Waals surface area (Å²) in [6, 6.07) is 81.4. The normalized spacial score (nSPS) is 12.1. The lowest BCUT2D eigenvalue weighted by Crippen LogP contribution is -1.98. The molecule has 64 heavy (non-hydrogen) atoms. The largest absolute Gasteiger partial charge is 0.455 e. The third-order valence-corrected chi connectivity index (χ3v) is 13.4. The van der Waals surface area contributed by atoms with E-state index in [1.54, 1.807) is 0 Å². The lowest BCUT2D eigenvalue weighted by Gasteiger charge is -2.14. The predicted molar refractivity (Wildman–Crippen MR) is 268 cm³/mol. The maximum Gasteiger partial charge on any atom is 0.145 e. The molecule has 10 aromatic carbocycles. The molecule has 0 bridgehead atoms. The highest BCUT2D eigenvalue weighted by Crippen LogP contribution is 2.44. The highest BCUT2D eigenvalue weighted by atomic mass is 16.3. The second-order valence-electron chi connectivity index (χ2n) is 16.9. The van der Waals surface area contributed by atoms with Crippen molar-refractivity contribution in [2.75, 3.05) is 0 Å². The molecule has 0 fully saturated rings. The second-order valence-corrected chi connectivity index (χ2v) is 16.9. The first kappa shape index (κ1) is 35.0. The first-order valence-corrected chi connectivity index (χ1v) is 21.9. The molecule has 4 aromatic heterocycles. The highest BCUT2D eigenvalue weighted by molar-refractivity contribution is 6.18. The van der Waals surface area contributed by atoms with Gasteiger partial charge in [0.05, 0.1) is 44.2 Å². The third-order valence-electron chi connectivity index (χ3n) is 13.4. The van der Waals surface area contributed by atoms with Crippen LogP contribution in [0.1, 0.15) is 0 Å².